The molecule has 0 aromatic heterocycles. The summed E-state index contributed by atoms with van der Waals surface area (Å²) < 4.78 is 0. The molecule has 0 spiro atoms. The van der Waals surface area contributed by atoms with E-state index in [-0.39, 0.29) is 0 Å². The van der Waals surface area contributed by atoms with Crippen molar-refractivity contribution < 1.29 is 0 Å². The quantitative estimate of drug-likeness (QED) is 0.749. The molecule has 1 N–H and O–H groups in total. The van der Waals surface area contributed by atoms with Crippen LogP contribution in [-0.4, -0.2) is 12.1 Å². The first-order chi connectivity index (χ1) is 7.15. The molecule has 0 radical (unpaired) electrons. The Hall–Kier alpha value is -0.0400. The van der Waals surface area contributed by atoms with Gasteiger partial charge in [0.25, 0.3) is 0 Å². The first-order valence-corrected chi connectivity index (χ1v) is 6.91. The Labute approximate surface area is 95.0 Å². The zero-order chi connectivity index (χ0) is 10.8. The molecule has 0 heterocycles. The SMILES string of the molecule is CC1CC(NC2CCC(C(C)C)CC2)C1. The molecule has 2 aliphatic carbocycles. The van der Waals surface area contributed by atoms with Gasteiger partial charge >= 0.3 is 0 Å². The summed E-state index contributed by atoms with van der Waals surface area (Å²) in [4.78, 5) is 0. The van der Waals surface area contributed by atoms with Gasteiger partial charge in [-0.3, -0.25) is 0 Å². The molecule has 0 aromatic rings. The van der Waals surface area contributed by atoms with E-state index in [9.17, 15) is 0 Å². The summed E-state index contributed by atoms with van der Waals surface area (Å²) in [5, 5.41) is 3.85. The molecule has 0 saturated heterocycles. The maximum atomic E-state index is 3.85. The molecule has 88 valence electrons. The predicted octanol–water partition coefficient (Wildman–Crippen LogP) is 3.59. The molecule has 0 atom stereocenters. The third-order valence-corrected chi connectivity index (χ3v) is 4.56. The fraction of sp³-hybridized carbons (Fsp3) is 1.00. The van der Waals surface area contributed by atoms with Crippen LogP contribution in [0.5, 0.6) is 0 Å². The van der Waals surface area contributed by atoms with Crippen molar-refractivity contribution in [1.29, 1.82) is 0 Å². The van der Waals surface area contributed by atoms with Gasteiger partial charge < -0.3 is 5.32 Å². The maximum Gasteiger partial charge on any atom is 0.00747 e. The molecule has 2 fully saturated rings. The zero-order valence-corrected chi connectivity index (χ0v) is 10.6. The van der Waals surface area contributed by atoms with E-state index in [4.69, 9.17) is 0 Å². The molecule has 0 aromatic carbocycles. The van der Waals surface area contributed by atoms with Crippen molar-refractivity contribution in [3.05, 3.63) is 0 Å². The molecular formula is C14H27N. The molecule has 0 unspecified atom stereocenters. The molecule has 2 aliphatic rings. The van der Waals surface area contributed by atoms with Crippen molar-refractivity contribution in [1.82, 2.24) is 5.32 Å². The van der Waals surface area contributed by atoms with Crippen molar-refractivity contribution in [3.63, 3.8) is 0 Å². The van der Waals surface area contributed by atoms with E-state index in [1.54, 1.807) is 0 Å². The largest absolute Gasteiger partial charge is 0.311 e. The summed E-state index contributed by atoms with van der Waals surface area (Å²) in [5.41, 5.74) is 0. The van der Waals surface area contributed by atoms with Crippen LogP contribution in [0.25, 0.3) is 0 Å². The van der Waals surface area contributed by atoms with Gasteiger partial charge in [-0.2, -0.15) is 0 Å². The minimum absolute atomic E-state index is 0.845. The minimum Gasteiger partial charge on any atom is -0.311 e. The second-order valence-electron chi connectivity index (χ2n) is 6.30. The number of nitrogens with one attached hydrogen (secondary N) is 1. The van der Waals surface area contributed by atoms with Crippen LogP contribution >= 0.6 is 0 Å². The van der Waals surface area contributed by atoms with Crippen LogP contribution in [0.1, 0.15) is 59.3 Å². The van der Waals surface area contributed by atoms with Crippen molar-refractivity contribution in [3.8, 4) is 0 Å². The molecule has 15 heavy (non-hydrogen) atoms. The highest BCUT2D eigenvalue weighted by Gasteiger charge is 2.29. The molecule has 0 bridgehead atoms. The fourth-order valence-electron chi connectivity index (χ4n) is 3.32. The van der Waals surface area contributed by atoms with Gasteiger partial charge in [-0.1, -0.05) is 20.8 Å². The van der Waals surface area contributed by atoms with Crippen LogP contribution in [0.3, 0.4) is 0 Å². The lowest BCUT2D eigenvalue weighted by Crippen LogP contribution is -2.47. The Kier molecular flexibility index (Phi) is 3.71. The van der Waals surface area contributed by atoms with Gasteiger partial charge in [0, 0.05) is 12.1 Å². The summed E-state index contributed by atoms with van der Waals surface area (Å²) in [7, 11) is 0. The fourth-order valence-corrected chi connectivity index (χ4v) is 3.32. The summed E-state index contributed by atoms with van der Waals surface area (Å²) in [5.74, 6) is 2.88. The number of rotatable bonds is 3. The van der Waals surface area contributed by atoms with Crippen molar-refractivity contribution in [2.24, 2.45) is 17.8 Å². The smallest absolute Gasteiger partial charge is 0.00747 e. The van der Waals surface area contributed by atoms with Crippen molar-refractivity contribution in [2.75, 3.05) is 0 Å². The number of hydrogen-bond donors (Lipinski definition) is 1. The van der Waals surface area contributed by atoms with Gasteiger partial charge in [-0.15, -0.1) is 0 Å². The van der Waals surface area contributed by atoms with Gasteiger partial charge in [0.2, 0.25) is 0 Å². The van der Waals surface area contributed by atoms with Crippen LogP contribution < -0.4 is 5.32 Å². The Morgan fingerprint density at radius 3 is 2.00 bits per heavy atom. The minimum atomic E-state index is 0.845. The highest BCUT2D eigenvalue weighted by Crippen LogP contribution is 2.32. The van der Waals surface area contributed by atoms with E-state index in [1.807, 2.05) is 0 Å². The molecular weight excluding hydrogens is 182 g/mol. The van der Waals surface area contributed by atoms with Gasteiger partial charge in [0.15, 0.2) is 0 Å². The highest BCUT2D eigenvalue weighted by atomic mass is 15.0. The highest BCUT2D eigenvalue weighted by molar-refractivity contribution is 4.87. The summed E-state index contributed by atoms with van der Waals surface area (Å²) in [6.45, 7) is 7.13. The van der Waals surface area contributed by atoms with Crippen molar-refractivity contribution >= 4 is 0 Å². The molecule has 1 heteroatoms. The standard InChI is InChI=1S/C14H27N/c1-10(2)12-4-6-13(7-5-12)15-14-8-11(3)9-14/h10-15H,4-9H2,1-3H3. The Balaban J connectivity index is 1.65. The molecule has 0 aliphatic heterocycles. The van der Waals surface area contributed by atoms with Crippen LogP contribution in [0.2, 0.25) is 0 Å². The lowest BCUT2D eigenvalue weighted by atomic mass is 9.77. The zero-order valence-electron chi connectivity index (χ0n) is 10.6. The van der Waals surface area contributed by atoms with E-state index in [1.165, 1.54) is 38.5 Å². The normalized spacial score (nSPS) is 41.6. The molecule has 2 rings (SSSR count). The van der Waals surface area contributed by atoms with E-state index in [2.05, 4.69) is 26.1 Å². The summed E-state index contributed by atoms with van der Waals surface area (Å²) >= 11 is 0. The monoisotopic (exact) mass is 209 g/mol. The molecule has 2 saturated carbocycles. The third kappa shape index (κ3) is 2.96. The second kappa shape index (κ2) is 4.86. The van der Waals surface area contributed by atoms with Crippen LogP contribution in [-0.2, 0) is 0 Å². The van der Waals surface area contributed by atoms with Gasteiger partial charge in [0.05, 0.1) is 0 Å². The van der Waals surface area contributed by atoms with E-state index < -0.39 is 0 Å². The summed E-state index contributed by atoms with van der Waals surface area (Å²) in [6, 6.07) is 1.71. The summed E-state index contributed by atoms with van der Waals surface area (Å²) in [6.07, 6.45) is 8.60. The first kappa shape index (κ1) is 11.4. The first-order valence-electron chi connectivity index (χ1n) is 6.91. The lowest BCUT2D eigenvalue weighted by Gasteiger charge is -2.39. The van der Waals surface area contributed by atoms with E-state index >= 15 is 0 Å². The van der Waals surface area contributed by atoms with Crippen LogP contribution in [0.4, 0.5) is 0 Å². The van der Waals surface area contributed by atoms with Crippen molar-refractivity contribution in [2.45, 2.75) is 71.4 Å². The average molecular weight is 209 g/mol. The third-order valence-electron chi connectivity index (χ3n) is 4.56. The lowest BCUT2D eigenvalue weighted by molar-refractivity contribution is 0.177. The maximum absolute atomic E-state index is 3.85. The second-order valence-corrected chi connectivity index (χ2v) is 6.30. The molecule has 0 amide bonds. The average Bonchev–Trinajstić information content (AvgIpc) is 2.16. The topological polar surface area (TPSA) is 12.0 Å². The predicted molar refractivity (Wildman–Crippen MR) is 65.9 cm³/mol. The van der Waals surface area contributed by atoms with Crippen LogP contribution in [0.15, 0.2) is 0 Å². The molecule has 1 nitrogen and oxygen atoms in total. The Morgan fingerprint density at radius 2 is 1.53 bits per heavy atom. The Morgan fingerprint density at radius 1 is 0.933 bits per heavy atom. The van der Waals surface area contributed by atoms with E-state index in [0.717, 1.165) is 29.8 Å². The Bertz CT molecular complexity index is 186. The van der Waals surface area contributed by atoms with Gasteiger partial charge in [-0.25, -0.2) is 0 Å². The van der Waals surface area contributed by atoms with Gasteiger partial charge in [0.1, 0.15) is 0 Å². The number of hydrogen-bond acceptors (Lipinski definition) is 1. The van der Waals surface area contributed by atoms with E-state index in [0.29, 0.717) is 0 Å². The van der Waals surface area contributed by atoms with Gasteiger partial charge in [-0.05, 0) is 56.3 Å². The van der Waals surface area contributed by atoms with Crippen LogP contribution in [0, 0.1) is 17.8 Å².